The van der Waals surface area contributed by atoms with Crippen molar-refractivity contribution in [3.8, 4) is 0 Å². The number of nitrogens with zero attached hydrogens (tertiary/aromatic N) is 2. The Hall–Kier alpha value is -1.62. The zero-order valence-corrected chi connectivity index (χ0v) is 7.85. The van der Waals surface area contributed by atoms with E-state index in [4.69, 9.17) is 10.9 Å². The molecule has 76 valence electrons. The van der Waals surface area contributed by atoms with Gasteiger partial charge in [0.05, 0.1) is 6.54 Å². The van der Waals surface area contributed by atoms with Crippen molar-refractivity contribution in [2.24, 2.45) is 10.9 Å². The van der Waals surface area contributed by atoms with Crippen molar-refractivity contribution < 1.29 is 5.21 Å². The first-order valence-corrected chi connectivity index (χ1v) is 4.39. The number of nitrogens with two attached hydrogens (primary N) is 1. The molecule has 0 spiro atoms. The molecule has 0 unspecified atom stereocenters. The number of oxime groups is 1. The molecule has 0 fully saturated rings. The third kappa shape index (κ3) is 3.86. The predicted molar refractivity (Wildman–Crippen MR) is 54.2 cm³/mol. The first-order valence-electron chi connectivity index (χ1n) is 4.39. The van der Waals surface area contributed by atoms with E-state index in [-0.39, 0.29) is 5.84 Å². The summed E-state index contributed by atoms with van der Waals surface area (Å²) in [6.45, 7) is 1.20. The molecule has 0 radical (unpaired) electrons. The van der Waals surface area contributed by atoms with Crippen LogP contribution >= 0.6 is 0 Å². The Morgan fingerprint density at radius 3 is 2.86 bits per heavy atom. The largest absolute Gasteiger partial charge is 0.409 e. The van der Waals surface area contributed by atoms with Crippen molar-refractivity contribution in [3.63, 3.8) is 0 Å². The number of pyridine rings is 1. The molecule has 1 aromatic rings. The molecule has 1 heterocycles. The fourth-order valence-electron chi connectivity index (χ4n) is 1.03. The van der Waals surface area contributed by atoms with E-state index in [2.05, 4.69) is 15.5 Å². The van der Waals surface area contributed by atoms with Gasteiger partial charge in [0.15, 0.2) is 5.84 Å². The van der Waals surface area contributed by atoms with Crippen LogP contribution < -0.4 is 11.1 Å². The number of aromatic nitrogens is 1. The molecule has 0 bridgehead atoms. The van der Waals surface area contributed by atoms with Gasteiger partial charge >= 0.3 is 0 Å². The lowest BCUT2D eigenvalue weighted by Crippen LogP contribution is -2.30. The molecule has 0 saturated carbocycles. The number of rotatable bonds is 5. The van der Waals surface area contributed by atoms with E-state index in [1.54, 1.807) is 12.4 Å². The van der Waals surface area contributed by atoms with Crippen molar-refractivity contribution in [1.82, 2.24) is 10.3 Å². The molecule has 0 aliphatic rings. The quantitative estimate of drug-likeness (QED) is 0.202. The number of hydrogen-bond donors (Lipinski definition) is 3. The second-order valence-corrected chi connectivity index (χ2v) is 2.87. The summed E-state index contributed by atoms with van der Waals surface area (Å²) in [7, 11) is 0. The Labute approximate surface area is 82.6 Å². The van der Waals surface area contributed by atoms with Crippen molar-refractivity contribution in [2.75, 3.05) is 13.1 Å². The van der Waals surface area contributed by atoms with Crippen molar-refractivity contribution >= 4 is 5.84 Å². The Morgan fingerprint density at radius 2 is 2.21 bits per heavy atom. The first kappa shape index (κ1) is 10.5. The Balaban J connectivity index is 2.17. The topological polar surface area (TPSA) is 83.5 Å². The second-order valence-electron chi connectivity index (χ2n) is 2.87. The average Bonchev–Trinajstić information content (AvgIpc) is 2.25. The molecule has 0 aromatic carbocycles. The predicted octanol–water partition coefficient (Wildman–Crippen LogP) is -0.0399. The lowest BCUT2D eigenvalue weighted by molar-refractivity contribution is 0.317. The molecular weight excluding hydrogens is 180 g/mol. The highest BCUT2D eigenvalue weighted by Crippen LogP contribution is 1.95. The summed E-state index contributed by atoms with van der Waals surface area (Å²) in [5, 5.41) is 14.2. The monoisotopic (exact) mass is 194 g/mol. The van der Waals surface area contributed by atoms with Crippen LogP contribution in [0.15, 0.2) is 29.7 Å². The fraction of sp³-hybridized carbons (Fsp3) is 0.333. The van der Waals surface area contributed by atoms with Crippen molar-refractivity contribution in [2.45, 2.75) is 6.42 Å². The van der Waals surface area contributed by atoms with Crippen LogP contribution in [0.4, 0.5) is 0 Å². The first-order chi connectivity index (χ1) is 6.83. The van der Waals surface area contributed by atoms with E-state index in [0.717, 1.165) is 13.0 Å². The normalized spacial score (nSPS) is 11.6. The summed E-state index contributed by atoms with van der Waals surface area (Å²) in [5.74, 6) is 0.194. The summed E-state index contributed by atoms with van der Waals surface area (Å²) in [6.07, 6.45) is 4.43. The Morgan fingerprint density at radius 1 is 1.50 bits per heavy atom. The fourth-order valence-corrected chi connectivity index (χ4v) is 1.03. The van der Waals surface area contributed by atoms with E-state index in [9.17, 15) is 0 Å². The summed E-state index contributed by atoms with van der Waals surface area (Å²) >= 11 is 0. The van der Waals surface area contributed by atoms with Gasteiger partial charge < -0.3 is 16.3 Å². The third-order valence-electron chi connectivity index (χ3n) is 1.77. The summed E-state index contributed by atoms with van der Waals surface area (Å²) < 4.78 is 0. The van der Waals surface area contributed by atoms with Crippen molar-refractivity contribution in [3.05, 3.63) is 30.1 Å². The highest BCUT2D eigenvalue weighted by Gasteiger charge is 1.93. The van der Waals surface area contributed by atoms with Gasteiger partial charge in [-0.15, -0.1) is 0 Å². The van der Waals surface area contributed by atoms with Crippen LogP contribution in [0.5, 0.6) is 0 Å². The van der Waals surface area contributed by atoms with Gasteiger partial charge in [-0.05, 0) is 30.7 Å². The maximum atomic E-state index is 8.27. The molecule has 4 N–H and O–H groups in total. The Bertz CT molecular complexity index is 286. The third-order valence-corrected chi connectivity index (χ3v) is 1.77. The van der Waals surface area contributed by atoms with Gasteiger partial charge in [-0.2, -0.15) is 0 Å². The van der Waals surface area contributed by atoms with Gasteiger partial charge in [0.2, 0.25) is 0 Å². The van der Waals surface area contributed by atoms with Crippen LogP contribution in [0.1, 0.15) is 5.56 Å². The second kappa shape index (κ2) is 5.93. The van der Waals surface area contributed by atoms with Crippen molar-refractivity contribution in [1.29, 1.82) is 0 Å². The number of hydrogen-bond acceptors (Lipinski definition) is 4. The average molecular weight is 194 g/mol. The molecule has 5 nitrogen and oxygen atoms in total. The highest BCUT2D eigenvalue weighted by atomic mass is 16.4. The van der Waals surface area contributed by atoms with Gasteiger partial charge in [-0.3, -0.25) is 4.98 Å². The molecule has 0 amide bonds. The molecule has 0 aliphatic heterocycles. The van der Waals surface area contributed by atoms with E-state index in [0.29, 0.717) is 6.54 Å². The minimum Gasteiger partial charge on any atom is -0.409 e. The van der Waals surface area contributed by atoms with E-state index < -0.39 is 0 Å². The van der Waals surface area contributed by atoms with Crippen LogP contribution in [-0.2, 0) is 6.42 Å². The van der Waals surface area contributed by atoms with Crippen LogP contribution in [0.3, 0.4) is 0 Å². The summed E-state index contributed by atoms with van der Waals surface area (Å²) in [6, 6.07) is 3.93. The van der Waals surface area contributed by atoms with Crippen LogP contribution in [0, 0.1) is 0 Å². The van der Waals surface area contributed by atoms with Gasteiger partial charge in [0, 0.05) is 12.4 Å². The zero-order chi connectivity index (χ0) is 10.2. The molecule has 5 heteroatoms. The zero-order valence-electron chi connectivity index (χ0n) is 7.85. The molecule has 1 rings (SSSR count). The summed E-state index contributed by atoms with van der Waals surface area (Å²) in [4.78, 5) is 3.92. The lowest BCUT2D eigenvalue weighted by Gasteiger charge is -2.02. The molecular formula is C9H14N4O. The molecule has 1 aromatic heterocycles. The maximum absolute atomic E-state index is 8.27. The van der Waals surface area contributed by atoms with Crippen LogP contribution in [0.25, 0.3) is 0 Å². The van der Waals surface area contributed by atoms with Gasteiger partial charge in [0.1, 0.15) is 0 Å². The van der Waals surface area contributed by atoms with E-state index in [1.165, 1.54) is 5.56 Å². The number of amidine groups is 1. The van der Waals surface area contributed by atoms with Crippen LogP contribution in [-0.4, -0.2) is 29.1 Å². The highest BCUT2D eigenvalue weighted by molar-refractivity contribution is 5.81. The smallest absolute Gasteiger partial charge is 0.153 e. The Kier molecular flexibility index (Phi) is 4.43. The SMILES string of the molecule is NC(CNCCc1ccncc1)=NO. The van der Waals surface area contributed by atoms with E-state index >= 15 is 0 Å². The minimum atomic E-state index is 0.194. The minimum absolute atomic E-state index is 0.194. The number of nitrogens with one attached hydrogen (secondary N) is 1. The van der Waals surface area contributed by atoms with Gasteiger partial charge in [-0.25, -0.2) is 0 Å². The standard InChI is InChI=1S/C9H14N4O/c10-9(13-14)7-12-6-3-8-1-4-11-5-2-8/h1-2,4-5,12,14H,3,6-7H2,(H2,10,13). The lowest BCUT2D eigenvalue weighted by atomic mass is 10.2. The molecule has 14 heavy (non-hydrogen) atoms. The maximum Gasteiger partial charge on any atom is 0.153 e. The van der Waals surface area contributed by atoms with Crippen LogP contribution in [0.2, 0.25) is 0 Å². The molecule has 0 aliphatic carbocycles. The van der Waals surface area contributed by atoms with Gasteiger partial charge in [-0.1, -0.05) is 5.16 Å². The van der Waals surface area contributed by atoms with E-state index in [1.807, 2.05) is 12.1 Å². The molecule has 0 atom stereocenters. The molecule has 0 saturated heterocycles. The van der Waals surface area contributed by atoms with Gasteiger partial charge in [0.25, 0.3) is 0 Å². The summed E-state index contributed by atoms with van der Waals surface area (Å²) in [5.41, 5.74) is 6.49.